The summed E-state index contributed by atoms with van der Waals surface area (Å²) in [5.74, 6) is -1.57. The van der Waals surface area contributed by atoms with Crippen molar-refractivity contribution in [2.75, 3.05) is 7.11 Å². The molecule has 0 amide bonds. The smallest absolute Gasteiger partial charge is 0.305 e. The minimum Gasteiger partial charge on any atom is -0.493 e. The molecule has 0 spiro atoms. The molecule has 0 aliphatic heterocycles. The number of carbonyl (C=O) groups is 1. The molecule has 0 bridgehead atoms. The first-order valence-corrected chi connectivity index (χ1v) is 4.36. The van der Waals surface area contributed by atoms with Gasteiger partial charge in [0.2, 0.25) is 0 Å². The van der Waals surface area contributed by atoms with Crippen LogP contribution < -0.4 is 10.5 Å². The third-order valence-corrected chi connectivity index (χ3v) is 2.00. The quantitative estimate of drug-likeness (QED) is 0.889. The first-order chi connectivity index (χ1) is 7.06. The van der Waals surface area contributed by atoms with Crippen LogP contribution in [0.5, 0.6) is 5.75 Å². The second-order valence-corrected chi connectivity index (χ2v) is 3.07. The summed E-state index contributed by atoms with van der Waals surface area (Å²) in [5, 5.41) is 8.56. The molecule has 90 valence electrons. The van der Waals surface area contributed by atoms with Crippen LogP contribution in [0.3, 0.4) is 0 Å². The van der Waals surface area contributed by atoms with Gasteiger partial charge in [-0.2, -0.15) is 0 Å². The fourth-order valence-corrected chi connectivity index (χ4v) is 1.33. The summed E-state index contributed by atoms with van der Waals surface area (Å²) in [4.78, 5) is 10.5. The van der Waals surface area contributed by atoms with Gasteiger partial charge in [-0.25, -0.2) is 4.39 Å². The van der Waals surface area contributed by atoms with Gasteiger partial charge in [-0.1, -0.05) is 12.1 Å². The molecule has 0 radical (unpaired) electrons. The van der Waals surface area contributed by atoms with Crippen LogP contribution in [-0.2, 0) is 4.79 Å². The van der Waals surface area contributed by atoms with Gasteiger partial charge in [0.05, 0.1) is 13.5 Å². The third kappa shape index (κ3) is 3.46. The van der Waals surface area contributed by atoms with E-state index in [1.165, 1.54) is 19.2 Å². The lowest BCUT2D eigenvalue weighted by atomic mass is 10.0. The summed E-state index contributed by atoms with van der Waals surface area (Å²) in [6.07, 6.45) is -0.264. The Balaban J connectivity index is 0.00000225. The number of hydrogen-bond acceptors (Lipinski definition) is 3. The predicted molar refractivity (Wildman–Crippen MR) is 62.5 cm³/mol. The maximum Gasteiger partial charge on any atom is 0.305 e. The van der Waals surface area contributed by atoms with Crippen molar-refractivity contribution in [3.8, 4) is 5.75 Å². The zero-order valence-corrected chi connectivity index (χ0v) is 10.4. The van der Waals surface area contributed by atoms with Crippen LogP contribution >= 0.6 is 17.0 Å². The molecule has 6 heteroatoms. The van der Waals surface area contributed by atoms with E-state index in [4.69, 9.17) is 15.6 Å². The van der Waals surface area contributed by atoms with Crippen molar-refractivity contribution in [1.82, 2.24) is 0 Å². The van der Waals surface area contributed by atoms with Crippen LogP contribution in [0.25, 0.3) is 0 Å². The highest BCUT2D eigenvalue weighted by molar-refractivity contribution is 8.93. The standard InChI is InChI=1S/C10H12FNO3.BrH/c1-15-10-6(3-2-4-7(10)11)8(12)5-9(13)14;/h2-4,8H,5,12H2,1H3,(H,13,14);1H. The van der Waals surface area contributed by atoms with Gasteiger partial charge >= 0.3 is 5.97 Å². The monoisotopic (exact) mass is 293 g/mol. The van der Waals surface area contributed by atoms with E-state index in [1.54, 1.807) is 6.07 Å². The number of aliphatic carboxylic acids is 1. The minimum absolute atomic E-state index is 0. The van der Waals surface area contributed by atoms with Gasteiger partial charge in [0.25, 0.3) is 0 Å². The fourth-order valence-electron chi connectivity index (χ4n) is 1.33. The van der Waals surface area contributed by atoms with Crippen molar-refractivity contribution in [2.45, 2.75) is 12.5 Å². The lowest BCUT2D eigenvalue weighted by Gasteiger charge is -2.14. The molecule has 0 heterocycles. The second kappa shape index (κ2) is 6.44. The normalized spacial score (nSPS) is 11.4. The van der Waals surface area contributed by atoms with E-state index in [9.17, 15) is 9.18 Å². The van der Waals surface area contributed by atoms with Crippen LogP contribution in [0, 0.1) is 5.82 Å². The number of carboxylic acid groups (broad SMARTS) is 1. The predicted octanol–water partition coefficient (Wildman–Crippen LogP) is 1.89. The Bertz CT molecular complexity index is 373. The Morgan fingerprint density at radius 3 is 2.75 bits per heavy atom. The molecule has 1 unspecified atom stereocenters. The number of methoxy groups -OCH3 is 1. The summed E-state index contributed by atoms with van der Waals surface area (Å²) in [7, 11) is 1.31. The average molecular weight is 294 g/mol. The van der Waals surface area contributed by atoms with Gasteiger partial charge in [-0.3, -0.25) is 4.79 Å². The van der Waals surface area contributed by atoms with E-state index in [-0.39, 0.29) is 29.2 Å². The van der Waals surface area contributed by atoms with Gasteiger partial charge in [-0.05, 0) is 6.07 Å². The number of benzene rings is 1. The first-order valence-electron chi connectivity index (χ1n) is 4.36. The topological polar surface area (TPSA) is 72.5 Å². The van der Waals surface area contributed by atoms with Crippen molar-refractivity contribution < 1.29 is 19.0 Å². The van der Waals surface area contributed by atoms with Gasteiger partial charge in [0.1, 0.15) is 0 Å². The number of para-hydroxylation sites is 1. The second-order valence-electron chi connectivity index (χ2n) is 3.07. The molecule has 0 fully saturated rings. The first kappa shape index (κ1) is 14.9. The van der Waals surface area contributed by atoms with E-state index >= 15 is 0 Å². The summed E-state index contributed by atoms with van der Waals surface area (Å²) in [6, 6.07) is 3.48. The Kier molecular flexibility index (Phi) is 5.98. The van der Waals surface area contributed by atoms with Crippen LogP contribution in [0.1, 0.15) is 18.0 Å². The van der Waals surface area contributed by atoms with Gasteiger partial charge < -0.3 is 15.6 Å². The number of hydrogen-bond donors (Lipinski definition) is 2. The number of ether oxygens (including phenoxy) is 1. The zero-order chi connectivity index (χ0) is 11.4. The maximum atomic E-state index is 13.2. The molecule has 0 aromatic heterocycles. The van der Waals surface area contributed by atoms with Crippen molar-refractivity contribution in [3.63, 3.8) is 0 Å². The molecular formula is C10H13BrFNO3. The summed E-state index contributed by atoms with van der Waals surface area (Å²) in [5.41, 5.74) is 5.97. The van der Waals surface area contributed by atoms with Crippen LogP contribution in [-0.4, -0.2) is 18.2 Å². The Morgan fingerprint density at radius 2 is 2.25 bits per heavy atom. The molecule has 1 atom stereocenters. The van der Waals surface area contributed by atoms with E-state index in [2.05, 4.69) is 0 Å². The third-order valence-electron chi connectivity index (χ3n) is 2.00. The van der Waals surface area contributed by atoms with Crippen LogP contribution in [0.2, 0.25) is 0 Å². The highest BCUT2D eigenvalue weighted by atomic mass is 79.9. The van der Waals surface area contributed by atoms with Crippen LogP contribution in [0.15, 0.2) is 18.2 Å². The molecule has 1 aromatic rings. The lowest BCUT2D eigenvalue weighted by molar-refractivity contribution is -0.137. The summed E-state index contributed by atoms with van der Waals surface area (Å²) >= 11 is 0. The van der Waals surface area contributed by atoms with Crippen molar-refractivity contribution in [1.29, 1.82) is 0 Å². The van der Waals surface area contributed by atoms with Crippen molar-refractivity contribution in [2.24, 2.45) is 5.73 Å². The van der Waals surface area contributed by atoms with Crippen molar-refractivity contribution in [3.05, 3.63) is 29.6 Å². The number of nitrogens with two attached hydrogens (primary N) is 1. The fraction of sp³-hybridized carbons (Fsp3) is 0.300. The Labute approximate surface area is 103 Å². The van der Waals surface area contributed by atoms with E-state index in [0.717, 1.165) is 0 Å². The molecule has 0 saturated heterocycles. The number of halogens is 2. The Morgan fingerprint density at radius 1 is 1.62 bits per heavy atom. The van der Waals surface area contributed by atoms with E-state index in [1.807, 2.05) is 0 Å². The average Bonchev–Trinajstić information content (AvgIpc) is 2.16. The molecule has 16 heavy (non-hydrogen) atoms. The van der Waals surface area contributed by atoms with Gasteiger partial charge in [0.15, 0.2) is 11.6 Å². The van der Waals surface area contributed by atoms with Crippen molar-refractivity contribution >= 4 is 23.0 Å². The molecule has 0 aliphatic rings. The number of rotatable bonds is 4. The SMILES string of the molecule is Br.COc1c(F)cccc1C(N)CC(=O)O. The molecule has 1 rings (SSSR count). The van der Waals surface area contributed by atoms with Gasteiger partial charge in [0, 0.05) is 11.6 Å². The maximum absolute atomic E-state index is 13.2. The Hall–Kier alpha value is -1.14. The van der Waals surface area contributed by atoms with E-state index < -0.39 is 17.8 Å². The molecule has 0 saturated carbocycles. The van der Waals surface area contributed by atoms with Gasteiger partial charge in [-0.15, -0.1) is 17.0 Å². The molecule has 3 N–H and O–H groups in total. The van der Waals surface area contributed by atoms with Crippen LogP contribution in [0.4, 0.5) is 4.39 Å². The largest absolute Gasteiger partial charge is 0.493 e. The molecule has 4 nitrogen and oxygen atoms in total. The molecule has 1 aromatic carbocycles. The molecular weight excluding hydrogens is 281 g/mol. The highest BCUT2D eigenvalue weighted by Crippen LogP contribution is 2.28. The lowest BCUT2D eigenvalue weighted by Crippen LogP contribution is -2.16. The summed E-state index contributed by atoms with van der Waals surface area (Å²) in [6.45, 7) is 0. The van der Waals surface area contributed by atoms with E-state index in [0.29, 0.717) is 5.56 Å². The zero-order valence-electron chi connectivity index (χ0n) is 8.64. The highest BCUT2D eigenvalue weighted by Gasteiger charge is 2.17. The minimum atomic E-state index is -1.03. The number of carboxylic acids is 1. The molecule has 0 aliphatic carbocycles. The summed E-state index contributed by atoms with van der Waals surface area (Å²) < 4.78 is 18.1.